The molecular weight excluding hydrogens is 360 g/mol. The first kappa shape index (κ1) is 18.9. The summed E-state index contributed by atoms with van der Waals surface area (Å²) in [6.07, 6.45) is 5.32. The van der Waals surface area contributed by atoms with Gasteiger partial charge in [0.05, 0.1) is 5.69 Å². The third-order valence-electron chi connectivity index (χ3n) is 3.91. The van der Waals surface area contributed by atoms with Crippen LogP contribution in [0.2, 0.25) is 5.02 Å². The van der Waals surface area contributed by atoms with Gasteiger partial charge in [-0.15, -0.1) is 0 Å². The third kappa shape index (κ3) is 4.63. The van der Waals surface area contributed by atoms with Crippen LogP contribution in [-0.4, -0.2) is 26.5 Å². The standard InChI is InChI=1S/C21H21ClN4O/c1-4-15-8-9-18(23-11-15)19-12-26(13-20(27)24-14(2)3)21(25-19)16-6-5-7-17(22)10-16/h4-12,14H,1,13H2,2-3H3,(H,24,27). The van der Waals surface area contributed by atoms with Gasteiger partial charge >= 0.3 is 0 Å². The van der Waals surface area contributed by atoms with Crippen molar-refractivity contribution in [3.63, 3.8) is 0 Å². The van der Waals surface area contributed by atoms with E-state index in [1.165, 1.54) is 0 Å². The molecule has 0 aliphatic carbocycles. The lowest BCUT2D eigenvalue weighted by atomic mass is 10.2. The molecule has 0 saturated carbocycles. The Labute approximate surface area is 163 Å². The fourth-order valence-corrected chi connectivity index (χ4v) is 2.91. The highest BCUT2D eigenvalue weighted by Crippen LogP contribution is 2.26. The molecule has 2 aromatic heterocycles. The van der Waals surface area contributed by atoms with Gasteiger partial charge in [0.1, 0.15) is 18.1 Å². The van der Waals surface area contributed by atoms with E-state index in [1.807, 2.05) is 54.9 Å². The maximum atomic E-state index is 12.3. The Morgan fingerprint density at radius 2 is 2.11 bits per heavy atom. The first-order chi connectivity index (χ1) is 13.0. The molecule has 1 N–H and O–H groups in total. The molecule has 0 bridgehead atoms. The molecule has 6 heteroatoms. The van der Waals surface area contributed by atoms with Crippen LogP contribution in [0.25, 0.3) is 28.9 Å². The molecule has 3 aromatic rings. The number of halogens is 1. The Kier molecular flexibility index (Phi) is 5.72. The zero-order valence-electron chi connectivity index (χ0n) is 15.3. The van der Waals surface area contributed by atoms with Crippen molar-refractivity contribution in [1.82, 2.24) is 19.9 Å². The van der Waals surface area contributed by atoms with E-state index >= 15 is 0 Å². The van der Waals surface area contributed by atoms with Gasteiger partial charge in [0.25, 0.3) is 0 Å². The second-order valence-electron chi connectivity index (χ2n) is 6.49. The van der Waals surface area contributed by atoms with Gasteiger partial charge in [-0.3, -0.25) is 9.78 Å². The average molecular weight is 381 g/mol. The molecule has 1 amide bonds. The first-order valence-corrected chi connectivity index (χ1v) is 9.05. The summed E-state index contributed by atoms with van der Waals surface area (Å²) in [5.41, 5.74) is 3.20. The van der Waals surface area contributed by atoms with Gasteiger partial charge < -0.3 is 9.88 Å². The fourth-order valence-electron chi connectivity index (χ4n) is 2.72. The highest BCUT2D eigenvalue weighted by Gasteiger charge is 2.15. The number of pyridine rings is 1. The maximum absolute atomic E-state index is 12.3. The summed E-state index contributed by atoms with van der Waals surface area (Å²) in [6.45, 7) is 7.76. The van der Waals surface area contributed by atoms with Gasteiger partial charge in [0, 0.05) is 29.0 Å². The van der Waals surface area contributed by atoms with Crippen molar-refractivity contribution >= 4 is 23.6 Å². The fraction of sp³-hybridized carbons (Fsp3) is 0.190. The number of carbonyl (C=O) groups is 1. The minimum absolute atomic E-state index is 0.0724. The van der Waals surface area contributed by atoms with Crippen LogP contribution >= 0.6 is 11.6 Å². The quantitative estimate of drug-likeness (QED) is 0.688. The van der Waals surface area contributed by atoms with Crippen LogP contribution in [0.4, 0.5) is 0 Å². The van der Waals surface area contributed by atoms with Crippen molar-refractivity contribution in [3.8, 4) is 22.8 Å². The number of imidazole rings is 1. The lowest BCUT2D eigenvalue weighted by Crippen LogP contribution is -2.33. The summed E-state index contributed by atoms with van der Waals surface area (Å²) >= 11 is 6.14. The summed E-state index contributed by atoms with van der Waals surface area (Å²) in [6, 6.07) is 11.3. The van der Waals surface area contributed by atoms with Crippen LogP contribution in [0.15, 0.2) is 55.4 Å². The van der Waals surface area contributed by atoms with Gasteiger partial charge in [-0.1, -0.05) is 42.5 Å². The number of rotatable bonds is 6. The van der Waals surface area contributed by atoms with Gasteiger partial charge in [0.15, 0.2) is 0 Å². The second-order valence-corrected chi connectivity index (χ2v) is 6.93. The molecule has 0 spiro atoms. The number of hydrogen-bond acceptors (Lipinski definition) is 3. The summed E-state index contributed by atoms with van der Waals surface area (Å²) in [5, 5.41) is 3.52. The molecule has 0 unspecified atom stereocenters. The Bertz CT molecular complexity index is 961. The Morgan fingerprint density at radius 1 is 1.30 bits per heavy atom. The van der Waals surface area contributed by atoms with E-state index in [0.29, 0.717) is 16.5 Å². The highest BCUT2D eigenvalue weighted by molar-refractivity contribution is 6.30. The van der Waals surface area contributed by atoms with Crippen LogP contribution in [0, 0.1) is 0 Å². The highest BCUT2D eigenvalue weighted by atomic mass is 35.5. The van der Waals surface area contributed by atoms with Gasteiger partial charge in [-0.05, 0) is 37.6 Å². The van der Waals surface area contributed by atoms with Crippen LogP contribution in [0.5, 0.6) is 0 Å². The summed E-state index contributed by atoms with van der Waals surface area (Å²) < 4.78 is 1.82. The third-order valence-corrected chi connectivity index (χ3v) is 4.14. The van der Waals surface area contributed by atoms with E-state index in [1.54, 1.807) is 18.3 Å². The van der Waals surface area contributed by atoms with E-state index in [-0.39, 0.29) is 18.5 Å². The predicted molar refractivity (Wildman–Crippen MR) is 109 cm³/mol. The number of nitrogens with zero attached hydrogens (tertiary/aromatic N) is 3. The van der Waals surface area contributed by atoms with Gasteiger partial charge in [-0.2, -0.15) is 0 Å². The minimum Gasteiger partial charge on any atom is -0.352 e. The van der Waals surface area contributed by atoms with Gasteiger partial charge in [0.2, 0.25) is 5.91 Å². The molecule has 3 rings (SSSR count). The van der Waals surface area contributed by atoms with Crippen molar-refractivity contribution in [2.24, 2.45) is 0 Å². The molecule has 0 aliphatic heterocycles. The van der Waals surface area contributed by atoms with Crippen LogP contribution in [0.3, 0.4) is 0 Å². The van der Waals surface area contributed by atoms with E-state index in [9.17, 15) is 4.79 Å². The minimum atomic E-state index is -0.0767. The van der Waals surface area contributed by atoms with Crippen LogP contribution in [-0.2, 0) is 11.3 Å². The lowest BCUT2D eigenvalue weighted by Gasteiger charge is -2.11. The van der Waals surface area contributed by atoms with Crippen molar-refractivity contribution in [2.45, 2.75) is 26.4 Å². The second kappa shape index (κ2) is 8.18. The Morgan fingerprint density at radius 3 is 2.74 bits per heavy atom. The monoisotopic (exact) mass is 380 g/mol. The summed E-state index contributed by atoms with van der Waals surface area (Å²) in [4.78, 5) is 21.4. The molecule has 0 atom stereocenters. The summed E-state index contributed by atoms with van der Waals surface area (Å²) in [7, 11) is 0. The Hall–Kier alpha value is -2.92. The molecule has 1 aromatic carbocycles. The number of carbonyl (C=O) groups excluding carboxylic acids is 1. The van der Waals surface area contributed by atoms with E-state index < -0.39 is 0 Å². The zero-order chi connectivity index (χ0) is 19.4. The van der Waals surface area contributed by atoms with E-state index in [2.05, 4.69) is 16.9 Å². The summed E-state index contributed by atoms with van der Waals surface area (Å²) in [5.74, 6) is 0.591. The van der Waals surface area contributed by atoms with Crippen molar-refractivity contribution in [3.05, 3.63) is 66.0 Å². The predicted octanol–water partition coefficient (Wildman–Crippen LogP) is 4.43. The maximum Gasteiger partial charge on any atom is 0.240 e. The van der Waals surface area contributed by atoms with Crippen LogP contribution < -0.4 is 5.32 Å². The molecule has 0 aliphatic rings. The number of benzene rings is 1. The largest absolute Gasteiger partial charge is 0.352 e. The molecule has 27 heavy (non-hydrogen) atoms. The zero-order valence-corrected chi connectivity index (χ0v) is 16.1. The number of hydrogen-bond donors (Lipinski definition) is 1. The molecule has 0 saturated heterocycles. The Balaban J connectivity index is 2.02. The van der Waals surface area contributed by atoms with Crippen molar-refractivity contribution in [1.29, 1.82) is 0 Å². The molecule has 138 valence electrons. The van der Waals surface area contributed by atoms with E-state index in [4.69, 9.17) is 16.6 Å². The molecule has 5 nitrogen and oxygen atoms in total. The molecule has 0 fully saturated rings. The molecule has 2 heterocycles. The molecular formula is C21H21ClN4O. The topological polar surface area (TPSA) is 59.8 Å². The normalized spacial score (nSPS) is 10.8. The van der Waals surface area contributed by atoms with Crippen LogP contribution in [0.1, 0.15) is 19.4 Å². The molecule has 0 radical (unpaired) electrons. The number of nitrogens with one attached hydrogen (secondary N) is 1. The van der Waals surface area contributed by atoms with E-state index in [0.717, 1.165) is 16.8 Å². The SMILES string of the molecule is C=Cc1ccc(-c2cn(CC(=O)NC(C)C)c(-c3cccc(Cl)c3)n2)nc1. The number of aromatic nitrogens is 3. The van der Waals surface area contributed by atoms with Crippen molar-refractivity contribution in [2.75, 3.05) is 0 Å². The van der Waals surface area contributed by atoms with Crippen molar-refractivity contribution < 1.29 is 4.79 Å². The smallest absolute Gasteiger partial charge is 0.240 e. The van der Waals surface area contributed by atoms with Gasteiger partial charge in [-0.25, -0.2) is 4.98 Å². The first-order valence-electron chi connectivity index (χ1n) is 8.67. The number of amides is 1. The lowest BCUT2D eigenvalue weighted by molar-refractivity contribution is -0.122. The average Bonchev–Trinajstić information content (AvgIpc) is 3.04.